The highest BCUT2D eigenvalue weighted by atomic mass is 19.1. The summed E-state index contributed by atoms with van der Waals surface area (Å²) in [6.45, 7) is 3.64. The van der Waals surface area contributed by atoms with Crippen LogP contribution in [0.2, 0.25) is 0 Å². The maximum atomic E-state index is 13.0. The predicted octanol–water partition coefficient (Wildman–Crippen LogP) is 2.36. The number of nitrogens with one attached hydrogen (secondary N) is 1. The van der Waals surface area contributed by atoms with E-state index in [2.05, 4.69) is 5.32 Å². The van der Waals surface area contributed by atoms with Gasteiger partial charge in [0.05, 0.1) is 5.92 Å². The number of carboxylic acids is 1. The minimum atomic E-state index is -0.833. The summed E-state index contributed by atoms with van der Waals surface area (Å²) in [5, 5.41) is 11.4. The standard InChI is InChI=1S/C14H18FNO3/c1-9(14(18)19)4-3-7-16-13(17)11-5-6-12(15)10(2)8-11/h5-6,8-9H,3-4,7H2,1-2H3,(H,16,17)(H,18,19). The first-order valence-electron chi connectivity index (χ1n) is 6.19. The first kappa shape index (κ1) is 15.1. The van der Waals surface area contributed by atoms with E-state index in [0.29, 0.717) is 30.5 Å². The van der Waals surface area contributed by atoms with Crippen molar-refractivity contribution in [2.45, 2.75) is 26.7 Å². The summed E-state index contributed by atoms with van der Waals surface area (Å²) in [7, 11) is 0. The van der Waals surface area contributed by atoms with Gasteiger partial charge in [-0.15, -0.1) is 0 Å². The highest BCUT2D eigenvalue weighted by Gasteiger charge is 2.11. The van der Waals surface area contributed by atoms with Gasteiger partial charge in [0, 0.05) is 12.1 Å². The Morgan fingerprint density at radius 3 is 2.68 bits per heavy atom. The lowest BCUT2D eigenvalue weighted by Gasteiger charge is -2.08. The molecule has 0 saturated heterocycles. The predicted molar refractivity (Wildman–Crippen MR) is 69.5 cm³/mol. The number of halogens is 1. The fourth-order valence-electron chi connectivity index (χ4n) is 1.62. The zero-order chi connectivity index (χ0) is 14.4. The van der Waals surface area contributed by atoms with E-state index in [4.69, 9.17) is 5.11 Å². The van der Waals surface area contributed by atoms with Gasteiger partial charge >= 0.3 is 5.97 Å². The summed E-state index contributed by atoms with van der Waals surface area (Å²) in [4.78, 5) is 22.3. The van der Waals surface area contributed by atoms with E-state index in [-0.39, 0.29) is 11.7 Å². The van der Waals surface area contributed by atoms with Crippen molar-refractivity contribution in [1.29, 1.82) is 0 Å². The lowest BCUT2D eigenvalue weighted by molar-refractivity contribution is -0.141. The topological polar surface area (TPSA) is 66.4 Å². The number of carboxylic acid groups (broad SMARTS) is 1. The van der Waals surface area contributed by atoms with E-state index in [1.165, 1.54) is 18.2 Å². The molecule has 0 saturated carbocycles. The van der Waals surface area contributed by atoms with Crippen LogP contribution >= 0.6 is 0 Å². The molecular formula is C14H18FNO3. The zero-order valence-corrected chi connectivity index (χ0v) is 11.1. The van der Waals surface area contributed by atoms with Crippen molar-refractivity contribution < 1.29 is 19.1 Å². The van der Waals surface area contributed by atoms with Crippen LogP contribution in [-0.4, -0.2) is 23.5 Å². The third-order valence-electron chi connectivity index (χ3n) is 2.94. The molecule has 0 aliphatic rings. The molecular weight excluding hydrogens is 249 g/mol. The first-order chi connectivity index (χ1) is 8.91. The van der Waals surface area contributed by atoms with Crippen LogP contribution in [0.3, 0.4) is 0 Å². The molecule has 0 fully saturated rings. The minimum absolute atomic E-state index is 0.272. The molecule has 1 aromatic carbocycles. The van der Waals surface area contributed by atoms with Crippen LogP contribution in [0.4, 0.5) is 4.39 Å². The lowest BCUT2D eigenvalue weighted by atomic mass is 10.1. The van der Waals surface area contributed by atoms with Gasteiger partial charge in [0.25, 0.3) is 5.91 Å². The van der Waals surface area contributed by atoms with Crippen molar-refractivity contribution in [1.82, 2.24) is 5.32 Å². The van der Waals surface area contributed by atoms with Crippen LogP contribution in [0.1, 0.15) is 35.7 Å². The average Bonchev–Trinajstić information content (AvgIpc) is 2.37. The Kier molecular flexibility index (Phi) is 5.48. The van der Waals surface area contributed by atoms with E-state index < -0.39 is 11.9 Å². The number of benzene rings is 1. The lowest BCUT2D eigenvalue weighted by Crippen LogP contribution is -2.25. The van der Waals surface area contributed by atoms with E-state index in [9.17, 15) is 14.0 Å². The highest BCUT2D eigenvalue weighted by molar-refractivity contribution is 5.94. The van der Waals surface area contributed by atoms with E-state index in [1.54, 1.807) is 13.8 Å². The van der Waals surface area contributed by atoms with Crippen molar-refractivity contribution in [2.75, 3.05) is 6.54 Å². The summed E-state index contributed by atoms with van der Waals surface area (Å²) in [5.74, 6) is -1.86. The number of hydrogen-bond acceptors (Lipinski definition) is 2. The normalized spacial score (nSPS) is 11.9. The van der Waals surface area contributed by atoms with Gasteiger partial charge in [-0.25, -0.2) is 4.39 Å². The second-order valence-corrected chi connectivity index (χ2v) is 4.60. The number of carbonyl (C=O) groups is 2. The van der Waals surface area contributed by atoms with E-state index in [1.807, 2.05) is 0 Å². The molecule has 2 N–H and O–H groups in total. The average molecular weight is 267 g/mol. The largest absolute Gasteiger partial charge is 0.481 e. The monoisotopic (exact) mass is 267 g/mol. The Morgan fingerprint density at radius 1 is 1.42 bits per heavy atom. The van der Waals surface area contributed by atoms with Crippen LogP contribution in [0.25, 0.3) is 0 Å². The molecule has 1 unspecified atom stereocenters. The zero-order valence-electron chi connectivity index (χ0n) is 11.1. The van der Waals surface area contributed by atoms with Crippen LogP contribution in [0, 0.1) is 18.7 Å². The molecule has 4 nitrogen and oxygen atoms in total. The number of amides is 1. The molecule has 104 valence electrons. The van der Waals surface area contributed by atoms with Gasteiger partial charge in [0.2, 0.25) is 0 Å². The fourth-order valence-corrected chi connectivity index (χ4v) is 1.62. The Bertz CT molecular complexity index is 474. The number of hydrogen-bond donors (Lipinski definition) is 2. The third-order valence-corrected chi connectivity index (χ3v) is 2.94. The van der Waals surface area contributed by atoms with Crippen molar-refractivity contribution in [3.8, 4) is 0 Å². The van der Waals surface area contributed by atoms with Gasteiger partial charge in [0.15, 0.2) is 0 Å². The Labute approximate surface area is 111 Å². The molecule has 0 bridgehead atoms. The fraction of sp³-hybridized carbons (Fsp3) is 0.429. The second kappa shape index (κ2) is 6.87. The molecule has 0 heterocycles. The summed E-state index contributed by atoms with van der Waals surface area (Å²) >= 11 is 0. The summed E-state index contributed by atoms with van der Waals surface area (Å²) in [5.41, 5.74) is 0.831. The number of rotatable bonds is 6. The Morgan fingerprint density at radius 2 is 2.11 bits per heavy atom. The van der Waals surface area contributed by atoms with Gasteiger partial charge in [-0.05, 0) is 43.5 Å². The Hall–Kier alpha value is -1.91. The number of carbonyl (C=O) groups excluding carboxylic acids is 1. The van der Waals surface area contributed by atoms with Crippen LogP contribution in [0.5, 0.6) is 0 Å². The Balaban J connectivity index is 2.39. The summed E-state index contributed by atoms with van der Waals surface area (Å²) < 4.78 is 13.0. The van der Waals surface area contributed by atoms with Crippen LogP contribution < -0.4 is 5.32 Å². The highest BCUT2D eigenvalue weighted by Crippen LogP contribution is 2.09. The van der Waals surface area contributed by atoms with Gasteiger partial charge in [0.1, 0.15) is 5.82 Å². The van der Waals surface area contributed by atoms with Crippen molar-refractivity contribution in [3.05, 3.63) is 35.1 Å². The molecule has 1 atom stereocenters. The maximum absolute atomic E-state index is 13.0. The quantitative estimate of drug-likeness (QED) is 0.778. The minimum Gasteiger partial charge on any atom is -0.481 e. The molecule has 0 aliphatic heterocycles. The van der Waals surface area contributed by atoms with Gasteiger partial charge in [-0.2, -0.15) is 0 Å². The van der Waals surface area contributed by atoms with Gasteiger partial charge < -0.3 is 10.4 Å². The molecule has 1 rings (SSSR count). The third kappa shape index (κ3) is 4.69. The van der Waals surface area contributed by atoms with Crippen molar-refractivity contribution in [3.63, 3.8) is 0 Å². The molecule has 0 spiro atoms. The number of aliphatic carboxylic acids is 1. The SMILES string of the molecule is Cc1cc(C(=O)NCCCC(C)C(=O)O)ccc1F. The first-order valence-corrected chi connectivity index (χ1v) is 6.19. The number of aryl methyl sites for hydroxylation is 1. The summed E-state index contributed by atoms with van der Waals surface area (Å²) in [6.07, 6.45) is 1.11. The van der Waals surface area contributed by atoms with Crippen molar-refractivity contribution in [2.24, 2.45) is 5.92 Å². The molecule has 0 aromatic heterocycles. The molecule has 1 aromatic rings. The summed E-state index contributed by atoms with van der Waals surface area (Å²) in [6, 6.07) is 4.18. The van der Waals surface area contributed by atoms with E-state index in [0.717, 1.165) is 0 Å². The smallest absolute Gasteiger partial charge is 0.306 e. The second-order valence-electron chi connectivity index (χ2n) is 4.60. The molecule has 0 aliphatic carbocycles. The van der Waals surface area contributed by atoms with Gasteiger partial charge in [-0.1, -0.05) is 6.92 Å². The van der Waals surface area contributed by atoms with Crippen LogP contribution in [-0.2, 0) is 4.79 Å². The van der Waals surface area contributed by atoms with Crippen LogP contribution in [0.15, 0.2) is 18.2 Å². The molecule has 1 amide bonds. The van der Waals surface area contributed by atoms with E-state index >= 15 is 0 Å². The molecule has 5 heteroatoms. The van der Waals surface area contributed by atoms with Crippen molar-refractivity contribution >= 4 is 11.9 Å². The van der Waals surface area contributed by atoms with Gasteiger partial charge in [-0.3, -0.25) is 9.59 Å². The molecule has 0 radical (unpaired) electrons. The maximum Gasteiger partial charge on any atom is 0.306 e. The molecule has 19 heavy (non-hydrogen) atoms.